The predicted octanol–water partition coefficient (Wildman–Crippen LogP) is 3.66. The second-order valence-electron chi connectivity index (χ2n) is 10.2. The summed E-state index contributed by atoms with van der Waals surface area (Å²) < 4.78 is 7.73. The first-order valence-corrected chi connectivity index (χ1v) is 13.6. The molecule has 1 aliphatic carbocycles. The minimum atomic E-state index is -0.685. The first-order chi connectivity index (χ1) is 18.5. The third-order valence-corrected chi connectivity index (χ3v) is 7.79. The molecular weight excluding hydrogens is 536 g/mol. The van der Waals surface area contributed by atoms with Crippen LogP contribution in [0.3, 0.4) is 0 Å². The number of benzene rings is 1. The number of anilines is 1. The zero-order valence-corrected chi connectivity index (χ0v) is 24.0. The van der Waals surface area contributed by atoms with Gasteiger partial charge < -0.3 is 20.5 Å². The van der Waals surface area contributed by atoms with Crippen LogP contribution in [-0.2, 0) is 26.6 Å². The third kappa shape index (κ3) is 7.45. The van der Waals surface area contributed by atoms with Crippen LogP contribution in [0.4, 0.5) is 5.82 Å². The zero-order valence-electron chi connectivity index (χ0n) is 22.2. The van der Waals surface area contributed by atoms with Crippen LogP contribution in [0.5, 0.6) is 5.75 Å². The number of fused-ring (bicyclic) bond motifs is 1. The van der Waals surface area contributed by atoms with Crippen LogP contribution in [0.15, 0.2) is 42.7 Å². The minimum absolute atomic E-state index is 0. The van der Waals surface area contributed by atoms with Crippen molar-refractivity contribution >= 4 is 36.8 Å². The highest BCUT2D eigenvalue weighted by molar-refractivity contribution is 7.59. The minimum Gasteiger partial charge on any atom is -0.486 e. The van der Waals surface area contributed by atoms with Gasteiger partial charge in [0.25, 0.3) is 5.91 Å². The van der Waals surface area contributed by atoms with Crippen molar-refractivity contribution in [2.75, 3.05) is 25.0 Å². The molecule has 2 aromatic heterocycles. The molecule has 1 aliphatic heterocycles. The molecule has 1 aromatic carbocycles. The van der Waals surface area contributed by atoms with Crippen LogP contribution in [0.25, 0.3) is 0 Å². The first-order valence-electron chi connectivity index (χ1n) is 13.3. The number of carbonyl (C=O) groups is 1. The van der Waals surface area contributed by atoms with E-state index < -0.39 is 6.10 Å². The smallest absolute Gasteiger partial charge is 0.251 e. The maximum absolute atomic E-state index is 12.7. The van der Waals surface area contributed by atoms with Crippen molar-refractivity contribution < 1.29 is 14.6 Å². The summed E-state index contributed by atoms with van der Waals surface area (Å²) in [4.78, 5) is 19.2. The number of aliphatic hydroxyl groups is 1. The van der Waals surface area contributed by atoms with E-state index in [9.17, 15) is 9.90 Å². The standard InChI is InChI=1S/C28H35ClN6O3.H2S/c1-34-22(9-12-32-34)18-38-25-7-6-20-16-35(13-10-24(20)27(25)29)17-23(36)15-31-28(37)19-8-11-30-26(14-19)33-21-4-2-3-5-21;/h6-9,11-12,14,21,23,36H,2-5,10,13,15-18H2,1H3,(H,30,33)(H,31,37);1H2/t23-;/m0./s1. The summed E-state index contributed by atoms with van der Waals surface area (Å²) in [6, 6.07) is 9.77. The van der Waals surface area contributed by atoms with Gasteiger partial charge in [-0.25, -0.2) is 4.98 Å². The first kappa shape index (κ1) is 29.2. The number of aliphatic hydroxyl groups excluding tert-OH is 1. The van der Waals surface area contributed by atoms with Crippen LogP contribution >= 0.6 is 25.1 Å². The number of hydrogen-bond donors (Lipinski definition) is 3. The third-order valence-electron chi connectivity index (χ3n) is 7.37. The van der Waals surface area contributed by atoms with Gasteiger partial charge in [-0.05, 0) is 54.7 Å². The van der Waals surface area contributed by atoms with E-state index in [-0.39, 0.29) is 25.9 Å². The molecule has 1 atom stereocenters. The van der Waals surface area contributed by atoms with Crippen molar-refractivity contribution in [3.8, 4) is 5.75 Å². The Labute approximate surface area is 241 Å². The molecule has 9 nitrogen and oxygen atoms in total. The Kier molecular flexibility index (Phi) is 10.1. The van der Waals surface area contributed by atoms with Gasteiger partial charge in [-0.1, -0.05) is 30.5 Å². The van der Waals surface area contributed by atoms with E-state index in [1.807, 2.05) is 25.2 Å². The average molecular weight is 573 g/mol. The normalized spacial score (nSPS) is 16.3. The molecule has 5 rings (SSSR count). The summed E-state index contributed by atoms with van der Waals surface area (Å²) in [5.41, 5.74) is 3.73. The molecule has 0 radical (unpaired) electrons. The van der Waals surface area contributed by atoms with Gasteiger partial charge in [0.1, 0.15) is 18.2 Å². The molecule has 3 aromatic rings. The van der Waals surface area contributed by atoms with E-state index >= 15 is 0 Å². The Morgan fingerprint density at radius 1 is 1.23 bits per heavy atom. The van der Waals surface area contributed by atoms with Gasteiger partial charge in [-0.3, -0.25) is 14.4 Å². The molecule has 0 spiro atoms. The van der Waals surface area contributed by atoms with Crippen molar-refractivity contribution in [1.82, 2.24) is 25.0 Å². The summed E-state index contributed by atoms with van der Waals surface area (Å²) in [5.74, 6) is 1.18. The van der Waals surface area contributed by atoms with Gasteiger partial charge in [-0.15, -0.1) is 0 Å². The Bertz CT molecular complexity index is 1270. The Hall–Kier alpha value is -2.79. The quantitative estimate of drug-likeness (QED) is 0.340. The number of aryl methyl sites for hydroxylation is 1. The number of halogens is 1. The summed E-state index contributed by atoms with van der Waals surface area (Å²) in [5, 5.41) is 21.7. The van der Waals surface area contributed by atoms with E-state index in [0.717, 1.165) is 48.4 Å². The van der Waals surface area contributed by atoms with Gasteiger partial charge in [-0.2, -0.15) is 18.6 Å². The van der Waals surface area contributed by atoms with Gasteiger partial charge >= 0.3 is 0 Å². The number of nitrogens with one attached hydrogen (secondary N) is 2. The topological polar surface area (TPSA) is 105 Å². The molecule has 1 amide bonds. The van der Waals surface area contributed by atoms with E-state index in [4.69, 9.17) is 16.3 Å². The molecule has 11 heteroatoms. The maximum Gasteiger partial charge on any atom is 0.251 e. The largest absolute Gasteiger partial charge is 0.486 e. The number of pyridine rings is 1. The molecular formula is C28H37ClN6O3S. The average Bonchev–Trinajstić information content (AvgIpc) is 3.58. The van der Waals surface area contributed by atoms with Gasteiger partial charge in [0.15, 0.2) is 0 Å². The summed E-state index contributed by atoms with van der Waals surface area (Å²) in [6.45, 7) is 2.49. The Morgan fingerprint density at radius 3 is 2.82 bits per heavy atom. The predicted molar refractivity (Wildman–Crippen MR) is 157 cm³/mol. The Morgan fingerprint density at radius 2 is 2.05 bits per heavy atom. The SMILES string of the molecule is Cn1nccc1COc1ccc2c(c1Cl)CCN(C[C@@H](O)CNC(=O)c1ccnc(NC3CCCC3)c1)C2.S. The molecule has 39 heavy (non-hydrogen) atoms. The fourth-order valence-electron chi connectivity index (χ4n) is 5.22. The number of carbonyl (C=O) groups excluding carboxylic acids is 1. The molecule has 3 N–H and O–H groups in total. The van der Waals surface area contributed by atoms with Gasteiger partial charge in [0.05, 0.1) is 16.8 Å². The summed E-state index contributed by atoms with van der Waals surface area (Å²) >= 11 is 6.69. The molecule has 1 fully saturated rings. The molecule has 0 saturated heterocycles. The lowest BCUT2D eigenvalue weighted by molar-refractivity contribution is 0.0841. The number of aromatic nitrogens is 3. The number of β-amino-alcohol motifs (C(OH)–C–C–N with tert-alkyl or cyclic N) is 1. The maximum atomic E-state index is 12.7. The van der Waals surface area contributed by atoms with Crippen LogP contribution in [0, 0.1) is 0 Å². The van der Waals surface area contributed by atoms with Crippen molar-refractivity contribution in [2.45, 2.75) is 57.4 Å². The molecule has 0 bridgehead atoms. The number of nitrogens with zero attached hydrogens (tertiary/aromatic N) is 4. The highest BCUT2D eigenvalue weighted by Crippen LogP contribution is 2.34. The van der Waals surface area contributed by atoms with E-state index in [1.54, 1.807) is 29.2 Å². The molecule has 2 aliphatic rings. The molecule has 1 saturated carbocycles. The van der Waals surface area contributed by atoms with Crippen LogP contribution in [0.1, 0.15) is 52.9 Å². The van der Waals surface area contributed by atoms with E-state index in [2.05, 4.69) is 25.6 Å². The fraction of sp³-hybridized carbons (Fsp3) is 0.464. The number of rotatable bonds is 10. The highest BCUT2D eigenvalue weighted by Gasteiger charge is 2.23. The Balaban J connectivity index is 0.00000353. The summed E-state index contributed by atoms with van der Waals surface area (Å²) in [6.07, 6.45) is 8.21. The monoisotopic (exact) mass is 572 g/mol. The molecule has 0 unspecified atom stereocenters. The lowest BCUT2D eigenvalue weighted by atomic mass is 9.99. The highest BCUT2D eigenvalue weighted by atomic mass is 35.5. The zero-order chi connectivity index (χ0) is 26.5. The molecule has 3 heterocycles. The van der Waals surface area contributed by atoms with Crippen molar-refractivity contribution in [3.63, 3.8) is 0 Å². The van der Waals surface area contributed by atoms with Crippen molar-refractivity contribution in [1.29, 1.82) is 0 Å². The van der Waals surface area contributed by atoms with Crippen molar-refractivity contribution in [3.05, 3.63) is 70.1 Å². The number of hydrogen-bond acceptors (Lipinski definition) is 7. The van der Waals surface area contributed by atoms with E-state index in [0.29, 0.717) is 42.1 Å². The summed E-state index contributed by atoms with van der Waals surface area (Å²) in [7, 11) is 1.88. The van der Waals surface area contributed by atoms with Crippen LogP contribution < -0.4 is 15.4 Å². The number of ether oxygens (including phenoxy) is 1. The van der Waals surface area contributed by atoms with Gasteiger partial charge in [0.2, 0.25) is 0 Å². The van der Waals surface area contributed by atoms with Crippen molar-refractivity contribution in [2.24, 2.45) is 7.05 Å². The fourth-order valence-corrected chi connectivity index (χ4v) is 5.55. The lowest BCUT2D eigenvalue weighted by Crippen LogP contribution is -2.42. The van der Waals surface area contributed by atoms with E-state index in [1.165, 1.54) is 12.8 Å². The van der Waals surface area contributed by atoms with Crippen LogP contribution in [0.2, 0.25) is 5.02 Å². The van der Waals surface area contributed by atoms with Crippen LogP contribution in [-0.4, -0.2) is 62.5 Å². The second kappa shape index (κ2) is 13.5. The second-order valence-corrected chi connectivity index (χ2v) is 10.5. The number of amides is 1. The van der Waals surface area contributed by atoms with Gasteiger partial charge in [0, 0.05) is 57.2 Å². The molecule has 210 valence electrons. The lowest BCUT2D eigenvalue weighted by Gasteiger charge is -2.31.